The Morgan fingerprint density at radius 2 is 1.87 bits per heavy atom. The Morgan fingerprint density at radius 1 is 1.10 bits per heavy atom. The fourth-order valence-electron chi connectivity index (χ4n) is 5.67. The third-order valence-electron chi connectivity index (χ3n) is 7.60. The molecule has 6 rings (SSSR count). The minimum Gasteiger partial charge on any atom is -0.291 e. The molecule has 4 aromatic rings. The summed E-state index contributed by atoms with van der Waals surface area (Å²) in [7, 11) is -2.33. The molecule has 9 nitrogen and oxygen atoms in total. The zero-order valence-electron chi connectivity index (χ0n) is 21.8. The Kier molecular flexibility index (Phi) is 5.88. The SMILES string of the molecule is Cc1ccnc(C(=O)[C@]23Cc4cnn(-c5ccc(F)cc5)c4C=C2CCN(S(=O)(=O)c2cc(C)nn2C)C3)c1. The summed E-state index contributed by atoms with van der Waals surface area (Å²) in [5.41, 5.74) is 3.77. The number of ketones is 1. The van der Waals surface area contributed by atoms with Crippen LogP contribution in [0.25, 0.3) is 11.8 Å². The third-order valence-corrected chi connectivity index (χ3v) is 9.50. The molecule has 0 radical (unpaired) electrons. The van der Waals surface area contributed by atoms with Gasteiger partial charge in [-0.15, -0.1) is 0 Å². The van der Waals surface area contributed by atoms with Gasteiger partial charge >= 0.3 is 0 Å². The lowest BCUT2D eigenvalue weighted by Crippen LogP contribution is -2.53. The summed E-state index contributed by atoms with van der Waals surface area (Å²) in [5, 5.41) is 8.85. The Labute approximate surface area is 225 Å². The van der Waals surface area contributed by atoms with E-state index in [1.807, 2.05) is 19.1 Å². The molecule has 3 aromatic heterocycles. The predicted molar refractivity (Wildman–Crippen MR) is 142 cm³/mol. The molecule has 1 aliphatic carbocycles. The fourth-order valence-corrected chi connectivity index (χ4v) is 7.36. The molecule has 0 bridgehead atoms. The Morgan fingerprint density at radius 3 is 2.56 bits per heavy atom. The molecule has 0 amide bonds. The zero-order valence-corrected chi connectivity index (χ0v) is 22.6. The van der Waals surface area contributed by atoms with Crippen LogP contribution in [0.5, 0.6) is 0 Å². The van der Waals surface area contributed by atoms with Crippen LogP contribution in [0.4, 0.5) is 4.39 Å². The number of hydrogen-bond acceptors (Lipinski definition) is 6. The van der Waals surface area contributed by atoms with Crippen LogP contribution in [0.2, 0.25) is 0 Å². The summed E-state index contributed by atoms with van der Waals surface area (Å²) in [4.78, 5) is 18.7. The van der Waals surface area contributed by atoms with Crippen molar-refractivity contribution >= 4 is 21.9 Å². The largest absolute Gasteiger partial charge is 0.291 e. The number of sulfonamides is 1. The van der Waals surface area contributed by atoms with Gasteiger partial charge in [0.15, 0.2) is 10.8 Å². The Balaban J connectivity index is 1.47. The Hall–Kier alpha value is -3.96. The molecule has 1 aliphatic heterocycles. The maximum atomic E-state index is 14.3. The van der Waals surface area contributed by atoms with Gasteiger partial charge in [-0.25, -0.2) is 17.5 Å². The highest BCUT2D eigenvalue weighted by Crippen LogP contribution is 2.47. The topological polar surface area (TPSA) is 103 Å². The first kappa shape index (κ1) is 25.3. The lowest BCUT2D eigenvalue weighted by molar-refractivity contribution is 0.0769. The van der Waals surface area contributed by atoms with Crippen LogP contribution in [0.15, 0.2) is 65.5 Å². The molecule has 2 aliphatic rings. The van der Waals surface area contributed by atoms with Gasteiger partial charge in [0.1, 0.15) is 11.5 Å². The second-order valence-electron chi connectivity index (χ2n) is 10.3. The first-order valence-electron chi connectivity index (χ1n) is 12.6. The van der Waals surface area contributed by atoms with Gasteiger partial charge in [0.2, 0.25) is 0 Å². The number of carbonyl (C=O) groups excluding carboxylic acids is 1. The van der Waals surface area contributed by atoms with E-state index in [-0.39, 0.29) is 36.1 Å². The van der Waals surface area contributed by atoms with Gasteiger partial charge in [-0.1, -0.05) is 5.57 Å². The van der Waals surface area contributed by atoms with Gasteiger partial charge < -0.3 is 0 Å². The summed E-state index contributed by atoms with van der Waals surface area (Å²) >= 11 is 0. The van der Waals surface area contributed by atoms with E-state index in [0.717, 1.165) is 22.4 Å². The summed E-state index contributed by atoms with van der Waals surface area (Å²) in [6.07, 6.45) is 5.87. The van der Waals surface area contributed by atoms with Crippen LogP contribution in [-0.2, 0) is 23.5 Å². The van der Waals surface area contributed by atoms with E-state index in [4.69, 9.17) is 0 Å². The van der Waals surface area contributed by atoms with Crippen molar-refractivity contribution in [2.75, 3.05) is 13.1 Å². The van der Waals surface area contributed by atoms with Crippen molar-refractivity contribution in [3.8, 4) is 5.69 Å². The number of benzene rings is 1. The zero-order chi connectivity index (χ0) is 27.5. The third kappa shape index (κ3) is 4.12. The van der Waals surface area contributed by atoms with Crippen molar-refractivity contribution in [2.45, 2.75) is 31.7 Å². The van der Waals surface area contributed by atoms with Crippen LogP contribution < -0.4 is 0 Å². The molecule has 1 saturated heterocycles. The highest BCUT2D eigenvalue weighted by molar-refractivity contribution is 7.89. The summed E-state index contributed by atoms with van der Waals surface area (Å²) in [6, 6.07) is 11.2. The maximum Gasteiger partial charge on any atom is 0.260 e. The molecule has 0 spiro atoms. The first-order valence-corrected chi connectivity index (χ1v) is 14.0. The minimum atomic E-state index is -3.93. The van der Waals surface area contributed by atoms with Crippen LogP contribution in [0, 0.1) is 25.1 Å². The number of Topliss-reactive ketones (excluding diaryl/α,β-unsaturated/α-hetero) is 1. The number of aryl methyl sites for hydroxylation is 3. The van der Waals surface area contributed by atoms with Crippen LogP contribution in [0.3, 0.4) is 0 Å². The molecule has 39 heavy (non-hydrogen) atoms. The molecule has 0 N–H and O–H groups in total. The lowest BCUT2D eigenvalue weighted by Gasteiger charge is -2.44. The van der Waals surface area contributed by atoms with E-state index in [2.05, 4.69) is 15.2 Å². The van der Waals surface area contributed by atoms with E-state index in [1.54, 1.807) is 55.3 Å². The number of carbonyl (C=O) groups is 1. The highest BCUT2D eigenvalue weighted by atomic mass is 32.2. The number of fused-ring (bicyclic) bond motifs is 2. The van der Waals surface area contributed by atoms with E-state index >= 15 is 0 Å². The summed E-state index contributed by atoms with van der Waals surface area (Å²) in [6.45, 7) is 3.82. The summed E-state index contributed by atoms with van der Waals surface area (Å²) in [5.74, 6) is -0.565. The van der Waals surface area contributed by atoms with E-state index in [9.17, 15) is 17.6 Å². The number of piperidine rings is 1. The van der Waals surface area contributed by atoms with Gasteiger partial charge in [0.25, 0.3) is 10.0 Å². The number of aromatic nitrogens is 5. The number of rotatable bonds is 5. The van der Waals surface area contributed by atoms with Crippen molar-refractivity contribution in [3.05, 3.63) is 94.5 Å². The molecule has 200 valence electrons. The second-order valence-corrected chi connectivity index (χ2v) is 12.1. The normalized spacial score (nSPS) is 19.3. The minimum absolute atomic E-state index is 0.0268. The maximum absolute atomic E-state index is 14.3. The van der Waals surface area contributed by atoms with Crippen LogP contribution >= 0.6 is 0 Å². The molecule has 1 fully saturated rings. The number of pyridine rings is 1. The predicted octanol–water partition coefficient (Wildman–Crippen LogP) is 3.66. The van der Waals surface area contributed by atoms with Crippen molar-refractivity contribution in [1.82, 2.24) is 28.9 Å². The molecule has 1 aromatic carbocycles. The van der Waals surface area contributed by atoms with Gasteiger partial charge in [0.05, 0.1) is 28.7 Å². The van der Waals surface area contributed by atoms with Crippen molar-refractivity contribution in [1.29, 1.82) is 0 Å². The van der Waals surface area contributed by atoms with Gasteiger partial charge in [-0.2, -0.15) is 14.5 Å². The number of nitrogens with zero attached hydrogens (tertiary/aromatic N) is 6. The fraction of sp³-hybridized carbons (Fsp3) is 0.286. The average molecular weight is 547 g/mol. The second kappa shape index (κ2) is 9.06. The molecular formula is C28H27FN6O3S. The quantitative estimate of drug-likeness (QED) is 0.354. The van der Waals surface area contributed by atoms with Gasteiger partial charge in [-0.05, 0) is 86.4 Å². The Bertz CT molecular complexity index is 1760. The molecule has 4 heterocycles. The molecule has 0 saturated carbocycles. The number of halogens is 1. The van der Waals surface area contributed by atoms with Crippen molar-refractivity contribution in [2.24, 2.45) is 12.5 Å². The van der Waals surface area contributed by atoms with Gasteiger partial charge in [0, 0.05) is 26.3 Å². The first-order chi connectivity index (χ1) is 18.6. The van der Waals surface area contributed by atoms with Gasteiger partial charge in [-0.3, -0.25) is 14.5 Å². The molecule has 1 atom stereocenters. The van der Waals surface area contributed by atoms with E-state index < -0.39 is 15.4 Å². The van der Waals surface area contributed by atoms with Crippen molar-refractivity contribution < 1.29 is 17.6 Å². The average Bonchev–Trinajstić information content (AvgIpc) is 3.48. The molecular weight excluding hydrogens is 519 g/mol. The van der Waals surface area contributed by atoms with E-state index in [1.165, 1.54) is 21.1 Å². The summed E-state index contributed by atoms with van der Waals surface area (Å²) < 4.78 is 45.6. The molecule has 0 unspecified atom stereocenters. The molecule has 11 heteroatoms. The highest BCUT2D eigenvalue weighted by Gasteiger charge is 2.51. The smallest absolute Gasteiger partial charge is 0.260 e. The standard InChI is InChI=1S/C28H27FN6O3S/c1-18-8-10-30-24(12-18)27(36)28-15-20-16-31-35(23-6-4-22(29)5-7-23)25(20)14-21(28)9-11-34(17-28)39(37,38)26-13-19(2)32-33(26)3/h4-8,10,12-14,16H,9,11,15,17H2,1-3H3/t28-/m0/s1. The monoisotopic (exact) mass is 546 g/mol. The van der Waals surface area contributed by atoms with Crippen molar-refractivity contribution in [3.63, 3.8) is 0 Å². The van der Waals surface area contributed by atoms with Crippen LogP contribution in [-0.4, -0.2) is 56.1 Å². The van der Waals surface area contributed by atoms with Crippen LogP contribution in [0.1, 0.15) is 39.4 Å². The number of hydrogen-bond donors (Lipinski definition) is 0. The lowest BCUT2D eigenvalue weighted by atomic mass is 9.65. The van der Waals surface area contributed by atoms with E-state index in [0.29, 0.717) is 23.5 Å².